The van der Waals surface area contributed by atoms with Crippen LogP contribution < -0.4 is 5.32 Å². The highest BCUT2D eigenvalue weighted by Gasteiger charge is 2.19. The normalized spacial score (nSPS) is 11.0. The van der Waals surface area contributed by atoms with Gasteiger partial charge in [0.2, 0.25) is 0 Å². The first-order valence-electron chi connectivity index (χ1n) is 8.32. The standard InChI is InChI=1S/C19H21FN4O/c1-14(2)8-9-21-18(25)17-13-22-24(16-7-5-6-15(20)12-16)19(17)23-10-3-4-11-23/h3-7,10-14H,8-9H2,1-2H3,(H,21,25). The van der Waals surface area contributed by atoms with Gasteiger partial charge in [0.05, 0.1) is 11.9 Å². The average Bonchev–Trinajstić information content (AvgIpc) is 3.23. The molecule has 0 aliphatic carbocycles. The molecule has 1 N–H and O–H groups in total. The molecule has 6 heteroatoms. The number of aromatic nitrogens is 3. The minimum absolute atomic E-state index is 0.188. The summed E-state index contributed by atoms with van der Waals surface area (Å²) in [5, 5.41) is 7.25. The number of carbonyl (C=O) groups is 1. The third-order valence-corrected chi connectivity index (χ3v) is 3.90. The van der Waals surface area contributed by atoms with Gasteiger partial charge >= 0.3 is 0 Å². The van der Waals surface area contributed by atoms with Gasteiger partial charge in [0, 0.05) is 18.9 Å². The summed E-state index contributed by atoms with van der Waals surface area (Å²) < 4.78 is 17.0. The zero-order valence-corrected chi connectivity index (χ0v) is 14.3. The first kappa shape index (κ1) is 17.0. The molecule has 0 aliphatic heterocycles. The quantitative estimate of drug-likeness (QED) is 0.746. The van der Waals surface area contributed by atoms with Crippen molar-refractivity contribution in [3.8, 4) is 11.5 Å². The molecule has 2 aromatic heterocycles. The number of halogens is 1. The molecular formula is C19H21FN4O. The Kier molecular flexibility index (Phi) is 4.97. The zero-order valence-electron chi connectivity index (χ0n) is 14.3. The predicted molar refractivity (Wildman–Crippen MR) is 94.6 cm³/mol. The Hall–Kier alpha value is -2.89. The minimum Gasteiger partial charge on any atom is -0.352 e. The molecule has 3 rings (SSSR count). The molecule has 0 atom stereocenters. The van der Waals surface area contributed by atoms with E-state index in [0.717, 1.165) is 6.42 Å². The van der Waals surface area contributed by atoms with Gasteiger partial charge in [-0.05, 0) is 42.7 Å². The largest absolute Gasteiger partial charge is 0.352 e. The number of rotatable bonds is 6. The third kappa shape index (κ3) is 3.79. The molecule has 1 aromatic carbocycles. The summed E-state index contributed by atoms with van der Waals surface area (Å²) >= 11 is 0. The first-order valence-corrected chi connectivity index (χ1v) is 8.32. The SMILES string of the molecule is CC(C)CCNC(=O)c1cnn(-c2cccc(F)c2)c1-n1cccc1. The highest BCUT2D eigenvalue weighted by molar-refractivity contribution is 5.97. The fourth-order valence-corrected chi connectivity index (χ4v) is 2.59. The van der Waals surface area contributed by atoms with Crippen LogP contribution in [0.25, 0.3) is 11.5 Å². The van der Waals surface area contributed by atoms with Gasteiger partial charge in [0.15, 0.2) is 5.82 Å². The molecule has 0 bridgehead atoms. The Bertz CT molecular complexity index is 852. The lowest BCUT2D eigenvalue weighted by Gasteiger charge is -2.12. The van der Waals surface area contributed by atoms with Crippen molar-refractivity contribution in [2.45, 2.75) is 20.3 Å². The second kappa shape index (κ2) is 7.34. The van der Waals surface area contributed by atoms with Crippen molar-refractivity contribution in [2.24, 2.45) is 5.92 Å². The van der Waals surface area contributed by atoms with Gasteiger partial charge in [-0.2, -0.15) is 5.10 Å². The molecule has 25 heavy (non-hydrogen) atoms. The van der Waals surface area contributed by atoms with Crippen LogP contribution in [0.5, 0.6) is 0 Å². The Morgan fingerprint density at radius 1 is 1.24 bits per heavy atom. The summed E-state index contributed by atoms with van der Waals surface area (Å²) in [5.41, 5.74) is 1.01. The van der Waals surface area contributed by atoms with Crippen molar-refractivity contribution in [2.75, 3.05) is 6.54 Å². The molecule has 0 spiro atoms. The Morgan fingerprint density at radius 2 is 2.00 bits per heavy atom. The smallest absolute Gasteiger partial charge is 0.256 e. The van der Waals surface area contributed by atoms with Gasteiger partial charge in [-0.25, -0.2) is 9.07 Å². The lowest BCUT2D eigenvalue weighted by Crippen LogP contribution is -2.26. The molecule has 0 aliphatic rings. The van der Waals surface area contributed by atoms with Crippen LogP contribution in [0.2, 0.25) is 0 Å². The van der Waals surface area contributed by atoms with E-state index in [2.05, 4.69) is 24.3 Å². The van der Waals surface area contributed by atoms with E-state index in [1.807, 2.05) is 24.5 Å². The lowest BCUT2D eigenvalue weighted by molar-refractivity contribution is 0.0952. The number of amides is 1. The average molecular weight is 340 g/mol. The van der Waals surface area contributed by atoms with Crippen molar-refractivity contribution < 1.29 is 9.18 Å². The van der Waals surface area contributed by atoms with E-state index in [0.29, 0.717) is 29.5 Å². The predicted octanol–water partition coefficient (Wildman–Crippen LogP) is 3.58. The highest BCUT2D eigenvalue weighted by atomic mass is 19.1. The van der Waals surface area contributed by atoms with Crippen molar-refractivity contribution in [1.29, 1.82) is 0 Å². The molecule has 0 fully saturated rings. The number of hydrogen-bond acceptors (Lipinski definition) is 2. The van der Waals surface area contributed by atoms with Gasteiger partial charge in [-0.1, -0.05) is 19.9 Å². The molecule has 130 valence electrons. The first-order chi connectivity index (χ1) is 12.1. The number of carbonyl (C=O) groups excluding carboxylic acids is 1. The van der Waals surface area contributed by atoms with Crippen LogP contribution >= 0.6 is 0 Å². The minimum atomic E-state index is -0.352. The van der Waals surface area contributed by atoms with Gasteiger partial charge < -0.3 is 9.88 Å². The van der Waals surface area contributed by atoms with Crippen molar-refractivity contribution in [3.05, 3.63) is 66.4 Å². The topological polar surface area (TPSA) is 51.9 Å². The van der Waals surface area contributed by atoms with Crippen LogP contribution in [-0.2, 0) is 0 Å². The monoisotopic (exact) mass is 340 g/mol. The van der Waals surface area contributed by atoms with Crippen LogP contribution in [0.1, 0.15) is 30.6 Å². The number of hydrogen-bond donors (Lipinski definition) is 1. The molecule has 0 saturated carbocycles. The van der Waals surface area contributed by atoms with E-state index in [1.165, 1.54) is 18.3 Å². The number of nitrogens with one attached hydrogen (secondary N) is 1. The summed E-state index contributed by atoms with van der Waals surface area (Å²) in [6, 6.07) is 9.87. The Morgan fingerprint density at radius 3 is 2.68 bits per heavy atom. The summed E-state index contributed by atoms with van der Waals surface area (Å²) in [5.74, 6) is 0.554. The highest BCUT2D eigenvalue weighted by Crippen LogP contribution is 2.20. The second-order valence-electron chi connectivity index (χ2n) is 6.30. The summed E-state index contributed by atoms with van der Waals surface area (Å²) in [7, 11) is 0. The maximum absolute atomic E-state index is 13.6. The van der Waals surface area contributed by atoms with Gasteiger partial charge in [-0.3, -0.25) is 4.79 Å². The van der Waals surface area contributed by atoms with Crippen LogP contribution in [0, 0.1) is 11.7 Å². The number of nitrogens with zero attached hydrogens (tertiary/aromatic N) is 3. The van der Waals surface area contributed by atoms with Crippen LogP contribution in [0.15, 0.2) is 55.0 Å². The summed E-state index contributed by atoms with van der Waals surface area (Å²) in [6.45, 7) is 4.82. The Labute approximate surface area is 146 Å². The second-order valence-corrected chi connectivity index (χ2v) is 6.30. The third-order valence-electron chi connectivity index (χ3n) is 3.90. The van der Waals surface area contributed by atoms with Gasteiger partial charge in [0.25, 0.3) is 5.91 Å². The van der Waals surface area contributed by atoms with Crippen molar-refractivity contribution >= 4 is 5.91 Å². The summed E-state index contributed by atoms with van der Waals surface area (Å²) in [4.78, 5) is 12.6. The molecule has 0 saturated heterocycles. The molecular weight excluding hydrogens is 319 g/mol. The van der Waals surface area contributed by atoms with Crippen molar-refractivity contribution in [1.82, 2.24) is 19.7 Å². The van der Waals surface area contributed by atoms with E-state index >= 15 is 0 Å². The lowest BCUT2D eigenvalue weighted by atomic mass is 10.1. The van der Waals surface area contributed by atoms with E-state index in [1.54, 1.807) is 21.4 Å². The van der Waals surface area contributed by atoms with E-state index < -0.39 is 0 Å². The van der Waals surface area contributed by atoms with E-state index in [9.17, 15) is 9.18 Å². The molecule has 3 aromatic rings. The van der Waals surface area contributed by atoms with Crippen LogP contribution in [0.4, 0.5) is 4.39 Å². The molecule has 1 amide bonds. The van der Waals surface area contributed by atoms with Gasteiger partial charge in [0.1, 0.15) is 11.4 Å². The van der Waals surface area contributed by atoms with Gasteiger partial charge in [-0.15, -0.1) is 0 Å². The molecule has 5 nitrogen and oxygen atoms in total. The number of benzene rings is 1. The Balaban J connectivity index is 1.98. The van der Waals surface area contributed by atoms with E-state index in [-0.39, 0.29) is 11.7 Å². The van der Waals surface area contributed by atoms with Crippen LogP contribution in [0.3, 0.4) is 0 Å². The summed E-state index contributed by atoms with van der Waals surface area (Å²) in [6.07, 6.45) is 6.09. The van der Waals surface area contributed by atoms with Crippen molar-refractivity contribution in [3.63, 3.8) is 0 Å². The molecule has 2 heterocycles. The maximum Gasteiger partial charge on any atom is 0.256 e. The van der Waals surface area contributed by atoms with E-state index in [4.69, 9.17) is 0 Å². The fraction of sp³-hybridized carbons (Fsp3) is 0.263. The molecule has 0 unspecified atom stereocenters. The van der Waals surface area contributed by atoms with Crippen LogP contribution in [-0.4, -0.2) is 26.8 Å². The fourth-order valence-electron chi connectivity index (χ4n) is 2.59. The maximum atomic E-state index is 13.6. The molecule has 0 radical (unpaired) electrons. The zero-order chi connectivity index (χ0) is 17.8.